The molecule has 1 fully saturated rings. The fourth-order valence-corrected chi connectivity index (χ4v) is 3.34. The zero-order chi connectivity index (χ0) is 15.8. The molecular weight excluding hydrogens is 284 g/mol. The largest absolute Gasteiger partial charge is 0.362 e. The summed E-state index contributed by atoms with van der Waals surface area (Å²) in [4.78, 5) is 0. The van der Waals surface area contributed by atoms with E-state index in [1.165, 1.54) is 0 Å². The van der Waals surface area contributed by atoms with Gasteiger partial charge in [-0.25, -0.2) is 0 Å². The van der Waals surface area contributed by atoms with Gasteiger partial charge < -0.3 is 9.84 Å². The van der Waals surface area contributed by atoms with Crippen molar-refractivity contribution in [2.75, 3.05) is 0 Å². The van der Waals surface area contributed by atoms with Crippen LogP contribution in [0.2, 0.25) is 0 Å². The van der Waals surface area contributed by atoms with Gasteiger partial charge in [-0.05, 0) is 16.7 Å². The summed E-state index contributed by atoms with van der Waals surface area (Å²) in [5.74, 6) is -1.23. The molecule has 3 aromatic carbocycles. The monoisotopic (exact) mass is 302 g/mol. The maximum atomic E-state index is 11.2. The van der Waals surface area contributed by atoms with Gasteiger partial charge in [0.25, 0.3) is 0 Å². The van der Waals surface area contributed by atoms with Crippen LogP contribution in [-0.4, -0.2) is 10.9 Å². The highest BCUT2D eigenvalue weighted by Crippen LogP contribution is 2.59. The Kier molecular flexibility index (Phi) is 3.29. The molecule has 0 bridgehead atoms. The van der Waals surface area contributed by atoms with Crippen molar-refractivity contribution in [1.29, 1.82) is 0 Å². The summed E-state index contributed by atoms with van der Waals surface area (Å²) in [6.07, 6.45) is 0.456. The fourth-order valence-electron chi connectivity index (χ4n) is 3.34. The summed E-state index contributed by atoms with van der Waals surface area (Å²) in [5.41, 5.74) is 2.21. The number of hydrogen-bond donors (Lipinski definition) is 1. The molecule has 3 aromatic rings. The highest BCUT2D eigenvalue weighted by molar-refractivity contribution is 5.45. The minimum Gasteiger partial charge on any atom is -0.362 e. The molecule has 4 rings (SSSR count). The van der Waals surface area contributed by atoms with Crippen molar-refractivity contribution >= 4 is 0 Å². The zero-order valence-electron chi connectivity index (χ0n) is 12.7. The Morgan fingerprint density at radius 3 is 1.57 bits per heavy atom. The van der Waals surface area contributed by atoms with Crippen LogP contribution in [0.15, 0.2) is 91.0 Å². The Labute approximate surface area is 136 Å². The van der Waals surface area contributed by atoms with Crippen molar-refractivity contribution in [2.24, 2.45) is 0 Å². The van der Waals surface area contributed by atoms with Crippen molar-refractivity contribution in [3.63, 3.8) is 0 Å². The first kappa shape index (κ1) is 14.2. The lowest BCUT2D eigenvalue weighted by atomic mass is 9.84. The van der Waals surface area contributed by atoms with E-state index in [4.69, 9.17) is 4.74 Å². The molecule has 2 heteroatoms. The van der Waals surface area contributed by atoms with E-state index in [-0.39, 0.29) is 0 Å². The first-order valence-corrected chi connectivity index (χ1v) is 7.82. The van der Waals surface area contributed by atoms with Crippen LogP contribution in [0.3, 0.4) is 0 Å². The maximum Gasteiger partial charge on any atom is 0.209 e. The predicted octanol–water partition coefficient (Wildman–Crippen LogP) is 3.89. The molecule has 1 saturated heterocycles. The van der Waals surface area contributed by atoms with Gasteiger partial charge in [-0.1, -0.05) is 91.0 Å². The lowest BCUT2D eigenvalue weighted by molar-refractivity contribution is 0.0369. The summed E-state index contributed by atoms with van der Waals surface area (Å²) in [7, 11) is 0. The SMILES string of the molecule is OC1(Cc2ccccc2)OC1(c1ccccc1)c1ccccc1. The molecule has 0 radical (unpaired) electrons. The van der Waals surface area contributed by atoms with Gasteiger partial charge in [0.05, 0.1) is 0 Å². The molecule has 1 unspecified atom stereocenters. The van der Waals surface area contributed by atoms with E-state index in [1.807, 2.05) is 91.0 Å². The first-order chi connectivity index (χ1) is 11.2. The van der Waals surface area contributed by atoms with Crippen LogP contribution in [-0.2, 0) is 16.8 Å². The lowest BCUT2D eigenvalue weighted by Crippen LogP contribution is -2.27. The molecule has 1 atom stereocenters. The molecule has 0 aliphatic carbocycles. The Morgan fingerprint density at radius 2 is 1.09 bits per heavy atom. The van der Waals surface area contributed by atoms with Gasteiger partial charge in [0.1, 0.15) is 0 Å². The van der Waals surface area contributed by atoms with Crippen LogP contribution in [0.25, 0.3) is 0 Å². The number of epoxide rings is 1. The molecule has 2 nitrogen and oxygen atoms in total. The normalized spacial score (nSPS) is 21.8. The van der Waals surface area contributed by atoms with Crippen LogP contribution < -0.4 is 0 Å². The Balaban J connectivity index is 1.78. The van der Waals surface area contributed by atoms with Gasteiger partial charge in [0.2, 0.25) is 5.79 Å². The van der Waals surface area contributed by atoms with E-state index in [9.17, 15) is 5.11 Å². The zero-order valence-corrected chi connectivity index (χ0v) is 12.7. The molecule has 0 saturated carbocycles. The fraction of sp³-hybridized carbons (Fsp3) is 0.143. The van der Waals surface area contributed by atoms with Crippen molar-refractivity contribution < 1.29 is 9.84 Å². The smallest absolute Gasteiger partial charge is 0.209 e. The number of aliphatic hydroxyl groups is 1. The minimum atomic E-state index is -1.23. The average Bonchev–Trinajstić information content (AvgIpc) is 3.24. The first-order valence-electron chi connectivity index (χ1n) is 7.82. The second kappa shape index (κ2) is 5.34. The number of hydrogen-bond acceptors (Lipinski definition) is 2. The van der Waals surface area contributed by atoms with E-state index in [1.54, 1.807) is 0 Å². The highest BCUT2D eigenvalue weighted by atomic mass is 16.8. The second-order valence-corrected chi connectivity index (χ2v) is 5.96. The van der Waals surface area contributed by atoms with E-state index in [0.717, 1.165) is 16.7 Å². The Morgan fingerprint density at radius 1 is 0.652 bits per heavy atom. The minimum absolute atomic E-state index is 0.456. The number of benzene rings is 3. The van der Waals surface area contributed by atoms with Crippen LogP contribution in [0.4, 0.5) is 0 Å². The van der Waals surface area contributed by atoms with Gasteiger partial charge in [0.15, 0.2) is 5.60 Å². The van der Waals surface area contributed by atoms with Crippen molar-refractivity contribution in [2.45, 2.75) is 17.8 Å². The molecule has 0 spiro atoms. The third-order valence-corrected chi connectivity index (χ3v) is 4.48. The summed E-state index contributed by atoms with van der Waals surface area (Å²) < 4.78 is 6.02. The molecule has 23 heavy (non-hydrogen) atoms. The second-order valence-electron chi connectivity index (χ2n) is 5.96. The highest BCUT2D eigenvalue weighted by Gasteiger charge is 2.71. The van der Waals surface area contributed by atoms with Gasteiger partial charge in [-0.3, -0.25) is 0 Å². The Hall–Kier alpha value is -2.42. The van der Waals surface area contributed by atoms with Crippen molar-refractivity contribution in [1.82, 2.24) is 0 Å². The topological polar surface area (TPSA) is 32.8 Å². The lowest BCUT2D eigenvalue weighted by Gasteiger charge is -2.17. The molecule has 0 amide bonds. The van der Waals surface area contributed by atoms with E-state index < -0.39 is 11.4 Å². The molecule has 1 heterocycles. The maximum absolute atomic E-state index is 11.2. The van der Waals surface area contributed by atoms with E-state index >= 15 is 0 Å². The molecule has 1 N–H and O–H groups in total. The van der Waals surface area contributed by atoms with Crippen LogP contribution in [0, 0.1) is 0 Å². The third kappa shape index (κ3) is 2.27. The van der Waals surface area contributed by atoms with Crippen molar-refractivity contribution in [3.8, 4) is 0 Å². The van der Waals surface area contributed by atoms with Gasteiger partial charge in [0, 0.05) is 6.42 Å². The van der Waals surface area contributed by atoms with Crippen LogP contribution >= 0.6 is 0 Å². The molecule has 0 aromatic heterocycles. The van der Waals surface area contributed by atoms with Gasteiger partial charge in [-0.2, -0.15) is 0 Å². The predicted molar refractivity (Wildman–Crippen MR) is 89.8 cm³/mol. The molecule has 114 valence electrons. The van der Waals surface area contributed by atoms with Crippen LogP contribution in [0.5, 0.6) is 0 Å². The summed E-state index contributed by atoms with van der Waals surface area (Å²) >= 11 is 0. The summed E-state index contributed by atoms with van der Waals surface area (Å²) in [6.45, 7) is 0. The van der Waals surface area contributed by atoms with E-state index in [2.05, 4.69) is 0 Å². The van der Waals surface area contributed by atoms with Gasteiger partial charge >= 0.3 is 0 Å². The summed E-state index contributed by atoms with van der Waals surface area (Å²) in [5, 5.41) is 11.2. The number of rotatable bonds is 4. The molecular formula is C21H18O2. The van der Waals surface area contributed by atoms with Gasteiger partial charge in [-0.15, -0.1) is 0 Å². The Bertz CT molecular complexity index is 744. The van der Waals surface area contributed by atoms with E-state index in [0.29, 0.717) is 6.42 Å². The quantitative estimate of drug-likeness (QED) is 0.742. The molecule has 1 aliphatic heterocycles. The average molecular weight is 302 g/mol. The summed E-state index contributed by atoms with van der Waals surface area (Å²) in [6, 6.07) is 29.9. The van der Waals surface area contributed by atoms with Crippen LogP contribution in [0.1, 0.15) is 16.7 Å². The number of ether oxygens (including phenoxy) is 1. The standard InChI is InChI=1S/C21H18O2/c22-20(16-17-10-4-1-5-11-17)21(23-20,18-12-6-2-7-13-18)19-14-8-3-9-15-19/h1-15,22H,16H2. The molecule has 1 aliphatic rings. The third-order valence-electron chi connectivity index (χ3n) is 4.48. The van der Waals surface area contributed by atoms with Crippen molar-refractivity contribution in [3.05, 3.63) is 108 Å².